The molecule has 1 aliphatic carbocycles. The Morgan fingerprint density at radius 3 is 2.67 bits per heavy atom. The molecule has 0 saturated heterocycles. The van der Waals surface area contributed by atoms with Gasteiger partial charge in [0.15, 0.2) is 11.6 Å². The van der Waals surface area contributed by atoms with Crippen molar-refractivity contribution in [1.29, 1.82) is 0 Å². The molecule has 0 spiro atoms. The number of ketones is 1. The van der Waals surface area contributed by atoms with E-state index in [-0.39, 0.29) is 12.2 Å². The number of rotatable bonds is 0. The molecule has 0 aromatic rings. The fraction of sp³-hybridized carbons (Fsp3) is 0.167. The molecule has 0 radical (unpaired) electrons. The molecule has 0 bridgehead atoms. The highest BCUT2D eigenvalue weighted by molar-refractivity contribution is 5.92. The zero-order chi connectivity index (χ0) is 6.85. The standard InChI is InChI=1S/C6H5FO2/c7-5-2-1-4(8)3-6(5)9/h1-2,9H,3H2. The summed E-state index contributed by atoms with van der Waals surface area (Å²) in [5, 5.41) is 8.58. The topological polar surface area (TPSA) is 37.3 Å². The predicted molar refractivity (Wildman–Crippen MR) is 29.5 cm³/mol. The first-order valence-electron chi connectivity index (χ1n) is 2.48. The first-order chi connectivity index (χ1) is 4.20. The molecule has 0 aliphatic heterocycles. The molecular weight excluding hydrogens is 123 g/mol. The molecule has 2 nitrogen and oxygen atoms in total. The third-order valence-corrected chi connectivity index (χ3v) is 1.03. The fourth-order valence-electron chi connectivity index (χ4n) is 0.571. The summed E-state index contributed by atoms with van der Waals surface area (Å²) in [6.07, 6.45) is 1.86. The van der Waals surface area contributed by atoms with Crippen LogP contribution in [0.1, 0.15) is 6.42 Å². The third kappa shape index (κ3) is 1.16. The molecule has 0 amide bonds. The lowest BCUT2D eigenvalue weighted by molar-refractivity contribution is -0.114. The van der Waals surface area contributed by atoms with E-state index in [2.05, 4.69) is 0 Å². The van der Waals surface area contributed by atoms with Crippen molar-refractivity contribution in [3.05, 3.63) is 23.7 Å². The van der Waals surface area contributed by atoms with Crippen LogP contribution in [-0.4, -0.2) is 10.9 Å². The van der Waals surface area contributed by atoms with Gasteiger partial charge in [0.05, 0.1) is 6.42 Å². The maximum Gasteiger partial charge on any atom is 0.163 e. The number of hydrogen-bond donors (Lipinski definition) is 1. The molecule has 1 aliphatic rings. The number of hydrogen-bond acceptors (Lipinski definition) is 2. The molecule has 0 aromatic carbocycles. The van der Waals surface area contributed by atoms with E-state index in [1.807, 2.05) is 0 Å². The SMILES string of the molecule is O=C1C=CC(F)=C(O)C1. The lowest BCUT2D eigenvalue weighted by Gasteiger charge is -2.00. The van der Waals surface area contributed by atoms with Crippen LogP contribution in [0.25, 0.3) is 0 Å². The minimum absolute atomic E-state index is 0.206. The number of carbonyl (C=O) groups is 1. The highest BCUT2D eigenvalue weighted by Crippen LogP contribution is 2.14. The van der Waals surface area contributed by atoms with Gasteiger partial charge in [0.1, 0.15) is 5.76 Å². The number of aliphatic hydroxyl groups excluding tert-OH is 1. The Kier molecular flexibility index (Phi) is 1.34. The van der Waals surface area contributed by atoms with Gasteiger partial charge in [-0.05, 0) is 12.2 Å². The van der Waals surface area contributed by atoms with Gasteiger partial charge in [-0.15, -0.1) is 0 Å². The van der Waals surface area contributed by atoms with Gasteiger partial charge in [0.25, 0.3) is 0 Å². The van der Waals surface area contributed by atoms with Crippen LogP contribution in [0.2, 0.25) is 0 Å². The summed E-state index contributed by atoms with van der Waals surface area (Å²) in [5.74, 6) is -1.45. The van der Waals surface area contributed by atoms with Crippen molar-refractivity contribution < 1.29 is 14.3 Å². The van der Waals surface area contributed by atoms with Gasteiger partial charge >= 0.3 is 0 Å². The summed E-state index contributed by atoms with van der Waals surface area (Å²) in [7, 11) is 0. The van der Waals surface area contributed by atoms with Gasteiger partial charge in [-0.25, -0.2) is 4.39 Å². The van der Waals surface area contributed by atoms with Crippen LogP contribution in [0.3, 0.4) is 0 Å². The van der Waals surface area contributed by atoms with Crippen LogP contribution in [0.15, 0.2) is 23.7 Å². The second-order valence-corrected chi connectivity index (χ2v) is 1.77. The number of halogens is 1. The van der Waals surface area contributed by atoms with Gasteiger partial charge in [-0.3, -0.25) is 4.79 Å². The summed E-state index contributed by atoms with van der Waals surface area (Å²) >= 11 is 0. The van der Waals surface area contributed by atoms with Crippen LogP contribution < -0.4 is 0 Å². The average molecular weight is 128 g/mol. The van der Waals surface area contributed by atoms with Crippen molar-refractivity contribution >= 4 is 5.78 Å². The first-order valence-corrected chi connectivity index (χ1v) is 2.48. The summed E-state index contributed by atoms with van der Waals surface area (Å²) in [6, 6.07) is 0. The van der Waals surface area contributed by atoms with E-state index in [0.29, 0.717) is 0 Å². The summed E-state index contributed by atoms with van der Waals surface area (Å²) in [5.41, 5.74) is 0. The molecule has 0 heterocycles. The smallest absolute Gasteiger partial charge is 0.163 e. The fourth-order valence-corrected chi connectivity index (χ4v) is 0.571. The highest BCUT2D eigenvalue weighted by atomic mass is 19.1. The van der Waals surface area contributed by atoms with Crippen molar-refractivity contribution in [3.8, 4) is 0 Å². The van der Waals surface area contributed by atoms with E-state index in [1.165, 1.54) is 0 Å². The molecule has 9 heavy (non-hydrogen) atoms. The largest absolute Gasteiger partial charge is 0.509 e. The molecule has 0 saturated carbocycles. The zero-order valence-electron chi connectivity index (χ0n) is 4.60. The van der Waals surface area contributed by atoms with Crippen LogP contribution in [0.4, 0.5) is 4.39 Å². The van der Waals surface area contributed by atoms with E-state index < -0.39 is 11.6 Å². The Morgan fingerprint density at radius 2 is 2.22 bits per heavy atom. The maximum atomic E-state index is 12.1. The van der Waals surface area contributed by atoms with Crippen molar-refractivity contribution in [2.75, 3.05) is 0 Å². The molecule has 0 unspecified atom stereocenters. The highest BCUT2D eigenvalue weighted by Gasteiger charge is 2.10. The normalized spacial score (nSPS) is 19.0. The molecule has 0 atom stereocenters. The number of aliphatic hydroxyl groups is 1. The van der Waals surface area contributed by atoms with Crippen LogP contribution in [-0.2, 0) is 4.79 Å². The third-order valence-electron chi connectivity index (χ3n) is 1.03. The average Bonchev–Trinajstić information content (AvgIpc) is 1.80. The van der Waals surface area contributed by atoms with E-state index in [0.717, 1.165) is 12.2 Å². The Balaban J connectivity index is 2.87. The summed E-state index contributed by atoms with van der Waals surface area (Å²) in [6.45, 7) is 0. The molecule has 1 rings (SSSR count). The summed E-state index contributed by atoms with van der Waals surface area (Å²) < 4.78 is 12.1. The molecular formula is C6H5FO2. The zero-order valence-corrected chi connectivity index (χ0v) is 4.60. The second-order valence-electron chi connectivity index (χ2n) is 1.77. The maximum absolute atomic E-state index is 12.1. The summed E-state index contributed by atoms with van der Waals surface area (Å²) in [4.78, 5) is 10.4. The molecule has 1 N–H and O–H groups in total. The van der Waals surface area contributed by atoms with Crippen LogP contribution in [0.5, 0.6) is 0 Å². The minimum atomic E-state index is -0.713. The molecule has 3 heteroatoms. The first kappa shape index (κ1) is 6.01. The van der Waals surface area contributed by atoms with Gasteiger partial charge in [-0.1, -0.05) is 0 Å². The molecule has 0 aromatic heterocycles. The monoisotopic (exact) mass is 128 g/mol. The lowest BCUT2D eigenvalue weighted by Crippen LogP contribution is -2.00. The lowest BCUT2D eigenvalue weighted by atomic mass is 10.1. The number of carbonyl (C=O) groups excluding carboxylic acids is 1. The van der Waals surface area contributed by atoms with E-state index in [4.69, 9.17) is 5.11 Å². The Hall–Kier alpha value is -1.12. The molecule has 48 valence electrons. The van der Waals surface area contributed by atoms with Crippen LogP contribution in [0, 0.1) is 0 Å². The van der Waals surface area contributed by atoms with Gasteiger partial charge in [0.2, 0.25) is 0 Å². The van der Waals surface area contributed by atoms with Crippen molar-refractivity contribution in [3.63, 3.8) is 0 Å². The minimum Gasteiger partial charge on any atom is -0.509 e. The van der Waals surface area contributed by atoms with Gasteiger partial charge in [0, 0.05) is 0 Å². The van der Waals surface area contributed by atoms with E-state index >= 15 is 0 Å². The van der Waals surface area contributed by atoms with Gasteiger partial charge in [-0.2, -0.15) is 0 Å². The van der Waals surface area contributed by atoms with Crippen molar-refractivity contribution in [2.45, 2.75) is 6.42 Å². The van der Waals surface area contributed by atoms with Crippen molar-refractivity contribution in [1.82, 2.24) is 0 Å². The van der Waals surface area contributed by atoms with E-state index in [9.17, 15) is 9.18 Å². The Morgan fingerprint density at radius 1 is 1.56 bits per heavy atom. The second kappa shape index (κ2) is 2.01. The Bertz CT molecular complexity index is 203. The van der Waals surface area contributed by atoms with E-state index in [1.54, 1.807) is 0 Å². The predicted octanol–water partition coefficient (Wildman–Crippen LogP) is 1.25. The Labute approximate surface area is 51.3 Å². The van der Waals surface area contributed by atoms with Gasteiger partial charge < -0.3 is 5.11 Å². The number of allylic oxidation sites excluding steroid dienone is 4. The molecule has 0 fully saturated rings. The van der Waals surface area contributed by atoms with Crippen molar-refractivity contribution in [2.24, 2.45) is 0 Å². The van der Waals surface area contributed by atoms with Crippen LogP contribution >= 0.6 is 0 Å². The quantitative estimate of drug-likeness (QED) is 0.533.